The molecule has 0 saturated heterocycles. The first-order chi connectivity index (χ1) is 7.24. The number of methoxy groups -OCH3 is 2. The predicted molar refractivity (Wildman–Crippen MR) is 56.4 cm³/mol. The third-order valence-electron chi connectivity index (χ3n) is 2.81. The molecule has 0 fully saturated rings. The first kappa shape index (κ1) is 10.2. The van der Waals surface area contributed by atoms with Crippen LogP contribution in [0.1, 0.15) is 22.3 Å². The van der Waals surface area contributed by atoms with Crippen LogP contribution < -0.4 is 4.74 Å². The first-order valence-electron chi connectivity index (χ1n) is 4.97. The lowest BCUT2D eigenvalue weighted by Gasteiger charge is -2.22. The fourth-order valence-corrected chi connectivity index (χ4v) is 1.94. The SMILES string of the molecule is COc1ccc2c(c1)CC(OC)CC2=O. The van der Waals surface area contributed by atoms with Crippen molar-refractivity contribution >= 4 is 5.78 Å². The van der Waals surface area contributed by atoms with Crippen LogP contribution in [-0.2, 0) is 11.2 Å². The summed E-state index contributed by atoms with van der Waals surface area (Å²) in [4.78, 5) is 11.7. The Kier molecular flexibility index (Phi) is 2.73. The van der Waals surface area contributed by atoms with Crippen molar-refractivity contribution in [1.82, 2.24) is 0 Å². The van der Waals surface area contributed by atoms with E-state index >= 15 is 0 Å². The highest BCUT2D eigenvalue weighted by atomic mass is 16.5. The lowest BCUT2D eigenvalue weighted by molar-refractivity contribution is 0.0693. The molecule has 0 aliphatic heterocycles. The van der Waals surface area contributed by atoms with Crippen LogP contribution in [0.15, 0.2) is 18.2 Å². The smallest absolute Gasteiger partial charge is 0.165 e. The second kappa shape index (κ2) is 4.03. The Labute approximate surface area is 89.0 Å². The second-order valence-electron chi connectivity index (χ2n) is 3.71. The van der Waals surface area contributed by atoms with Crippen molar-refractivity contribution in [3.63, 3.8) is 0 Å². The molecule has 0 spiro atoms. The largest absolute Gasteiger partial charge is 0.497 e. The number of carbonyl (C=O) groups is 1. The molecule has 15 heavy (non-hydrogen) atoms. The van der Waals surface area contributed by atoms with Gasteiger partial charge in [0.05, 0.1) is 13.2 Å². The third kappa shape index (κ3) is 1.88. The molecule has 1 aliphatic rings. The van der Waals surface area contributed by atoms with Crippen LogP contribution in [0.25, 0.3) is 0 Å². The van der Waals surface area contributed by atoms with Gasteiger partial charge in [-0.05, 0) is 30.2 Å². The van der Waals surface area contributed by atoms with E-state index in [0.717, 1.165) is 23.3 Å². The Morgan fingerprint density at radius 2 is 2.07 bits per heavy atom. The standard InChI is InChI=1S/C12H14O3/c1-14-9-3-4-11-8(5-9)6-10(15-2)7-12(11)13/h3-5,10H,6-7H2,1-2H3. The number of benzene rings is 1. The van der Waals surface area contributed by atoms with E-state index in [1.165, 1.54) is 0 Å². The van der Waals surface area contributed by atoms with Crippen LogP contribution in [0.3, 0.4) is 0 Å². The van der Waals surface area contributed by atoms with Crippen molar-refractivity contribution in [2.24, 2.45) is 0 Å². The van der Waals surface area contributed by atoms with Gasteiger partial charge in [-0.15, -0.1) is 0 Å². The minimum atomic E-state index is 0.0112. The molecule has 0 radical (unpaired) electrons. The van der Waals surface area contributed by atoms with Crippen molar-refractivity contribution in [2.75, 3.05) is 14.2 Å². The summed E-state index contributed by atoms with van der Waals surface area (Å²) in [6.45, 7) is 0. The molecule has 0 amide bonds. The highest BCUT2D eigenvalue weighted by Gasteiger charge is 2.24. The van der Waals surface area contributed by atoms with Crippen molar-refractivity contribution in [2.45, 2.75) is 18.9 Å². The zero-order valence-electron chi connectivity index (χ0n) is 8.95. The molecule has 0 N–H and O–H groups in total. The Balaban J connectivity index is 2.37. The lowest BCUT2D eigenvalue weighted by Crippen LogP contribution is -2.25. The number of rotatable bonds is 2. The van der Waals surface area contributed by atoms with Gasteiger partial charge in [0.25, 0.3) is 0 Å². The van der Waals surface area contributed by atoms with Crippen LogP contribution in [0.4, 0.5) is 0 Å². The molecule has 1 aliphatic carbocycles. The maximum atomic E-state index is 11.7. The Morgan fingerprint density at radius 3 is 2.73 bits per heavy atom. The molecule has 3 nitrogen and oxygen atoms in total. The monoisotopic (exact) mass is 206 g/mol. The molecule has 0 saturated carbocycles. The van der Waals surface area contributed by atoms with Gasteiger partial charge in [-0.1, -0.05) is 0 Å². The van der Waals surface area contributed by atoms with Gasteiger partial charge in [-0.25, -0.2) is 0 Å². The van der Waals surface area contributed by atoms with E-state index in [-0.39, 0.29) is 11.9 Å². The molecule has 1 atom stereocenters. The third-order valence-corrected chi connectivity index (χ3v) is 2.81. The van der Waals surface area contributed by atoms with E-state index in [2.05, 4.69) is 0 Å². The second-order valence-corrected chi connectivity index (χ2v) is 3.71. The van der Waals surface area contributed by atoms with Crippen LogP contribution >= 0.6 is 0 Å². The number of hydrogen-bond donors (Lipinski definition) is 0. The number of ketones is 1. The summed E-state index contributed by atoms with van der Waals surface area (Å²) in [6.07, 6.45) is 1.28. The summed E-state index contributed by atoms with van der Waals surface area (Å²) in [7, 11) is 3.27. The number of hydrogen-bond acceptors (Lipinski definition) is 3. The van der Waals surface area contributed by atoms with Gasteiger partial charge in [0.1, 0.15) is 5.75 Å². The average Bonchev–Trinajstić information content (AvgIpc) is 2.28. The number of ether oxygens (including phenoxy) is 2. The molecule has 80 valence electrons. The highest BCUT2D eigenvalue weighted by molar-refractivity contribution is 5.99. The Bertz CT molecular complexity index is 384. The summed E-state index contributed by atoms with van der Waals surface area (Å²) in [5.41, 5.74) is 1.83. The van der Waals surface area contributed by atoms with Crippen LogP contribution in [0.5, 0.6) is 5.75 Å². The minimum Gasteiger partial charge on any atom is -0.497 e. The maximum absolute atomic E-state index is 11.7. The number of Topliss-reactive ketones (excluding diaryl/α,β-unsaturated/α-hetero) is 1. The zero-order chi connectivity index (χ0) is 10.8. The van der Waals surface area contributed by atoms with Crippen LogP contribution in [0.2, 0.25) is 0 Å². The van der Waals surface area contributed by atoms with Crippen LogP contribution in [0, 0.1) is 0 Å². The van der Waals surface area contributed by atoms with Gasteiger partial charge < -0.3 is 9.47 Å². The molecule has 1 unspecified atom stereocenters. The molecule has 0 bridgehead atoms. The summed E-state index contributed by atoms with van der Waals surface area (Å²) in [5, 5.41) is 0. The molecule has 3 heteroatoms. The van der Waals surface area contributed by atoms with E-state index < -0.39 is 0 Å². The summed E-state index contributed by atoms with van der Waals surface area (Å²) in [6, 6.07) is 5.57. The molecule has 0 aromatic heterocycles. The van der Waals surface area contributed by atoms with Gasteiger partial charge in [0.2, 0.25) is 0 Å². The van der Waals surface area contributed by atoms with Crippen molar-refractivity contribution < 1.29 is 14.3 Å². The Morgan fingerprint density at radius 1 is 1.27 bits per heavy atom. The lowest BCUT2D eigenvalue weighted by atomic mass is 9.88. The normalized spacial score (nSPS) is 19.9. The molecular weight excluding hydrogens is 192 g/mol. The summed E-state index contributed by atoms with van der Waals surface area (Å²) < 4.78 is 10.4. The van der Waals surface area contributed by atoms with Crippen molar-refractivity contribution in [1.29, 1.82) is 0 Å². The van der Waals surface area contributed by atoms with Gasteiger partial charge in [0, 0.05) is 19.1 Å². The summed E-state index contributed by atoms with van der Waals surface area (Å²) >= 11 is 0. The topological polar surface area (TPSA) is 35.5 Å². The van der Waals surface area contributed by atoms with Crippen molar-refractivity contribution in [3.05, 3.63) is 29.3 Å². The van der Waals surface area contributed by atoms with Gasteiger partial charge in [-0.3, -0.25) is 4.79 Å². The molecule has 1 aromatic carbocycles. The molecule has 2 rings (SSSR count). The zero-order valence-corrected chi connectivity index (χ0v) is 8.95. The highest BCUT2D eigenvalue weighted by Crippen LogP contribution is 2.26. The Hall–Kier alpha value is -1.35. The number of carbonyl (C=O) groups excluding carboxylic acids is 1. The van der Waals surface area contributed by atoms with Gasteiger partial charge >= 0.3 is 0 Å². The molecule has 1 aromatic rings. The van der Waals surface area contributed by atoms with E-state index in [1.807, 2.05) is 18.2 Å². The average molecular weight is 206 g/mol. The quantitative estimate of drug-likeness (QED) is 0.740. The van der Waals surface area contributed by atoms with Gasteiger partial charge in [-0.2, -0.15) is 0 Å². The minimum absolute atomic E-state index is 0.0112. The van der Waals surface area contributed by atoms with E-state index in [0.29, 0.717) is 6.42 Å². The predicted octanol–water partition coefficient (Wildman–Crippen LogP) is 1.84. The van der Waals surface area contributed by atoms with Crippen molar-refractivity contribution in [3.8, 4) is 5.75 Å². The fourth-order valence-electron chi connectivity index (χ4n) is 1.94. The fraction of sp³-hybridized carbons (Fsp3) is 0.417. The van der Waals surface area contributed by atoms with E-state index in [1.54, 1.807) is 14.2 Å². The maximum Gasteiger partial charge on any atom is 0.165 e. The van der Waals surface area contributed by atoms with Gasteiger partial charge in [0.15, 0.2) is 5.78 Å². The van der Waals surface area contributed by atoms with E-state index in [4.69, 9.17) is 9.47 Å². The number of fused-ring (bicyclic) bond motifs is 1. The molecule has 0 heterocycles. The molecular formula is C12H14O3. The first-order valence-corrected chi connectivity index (χ1v) is 4.97. The van der Waals surface area contributed by atoms with E-state index in [9.17, 15) is 4.79 Å². The summed E-state index contributed by atoms with van der Waals surface area (Å²) in [5.74, 6) is 0.948. The van der Waals surface area contributed by atoms with Crippen LogP contribution in [-0.4, -0.2) is 26.1 Å².